The minimum absolute atomic E-state index is 0.156. The number of halogens is 1. The number of hydrogen-bond acceptors (Lipinski definition) is 4. The van der Waals surface area contributed by atoms with Gasteiger partial charge in [0.1, 0.15) is 0 Å². The zero-order chi connectivity index (χ0) is 17.9. The van der Waals surface area contributed by atoms with Crippen molar-refractivity contribution in [2.75, 3.05) is 5.43 Å². The SMILES string of the molecule is CC(C)(C)c1ccc(-c2csc(N/N=C\c3ccc(Cl)cc3)n2)cc1. The van der Waals surface area contributed by atoms with Crippen LogP contribution >= 0.6 is 22.9 Å². The fraction of sp³-hybridized carbons (Fsp3) is 0.200. The lowest BCUT2D eigenvalue weighted by atomic mass is 9.86. The Morgan fingerprint density at radius 3 is 2.36 bits per heavy atom. The normalized spacial score (nSPS) is 11.8. The molecule has 0 spiro atoms. The highest BCUT2D eigenvalue weighted by Crippen LogP contribution is 2.28. The van der Waals surface area contributed by atoms with Crippen molar-refractivity contribution in [3.8, 4) is 11.3 Å². The minimum atomic E-state index is 0.156. The highest BCUT2D eigenvalue weighted by molar-refractivity contribution is 7.14. The van der Waals surface area contributed by atoms with E-state index < -0.39 is 0 Å². The monoisotopic (exact) mass is 369 g/mol. The number of nitrogens with zero attached hydrogens (tertiary/aromatic N) is 2. The third kappa shape index (κ3) is 4.68. The van der Waals surface area contributed by atoms with Crippen LogP contribution in [0.2, 0.25) is 5.02 Å². The summed E-state index contributed by atoms with van der Waals surface area (Å²) >= 11 is 7.40. The lowest BCUT2D eigenvalue weighted by Crippen LogP contribution is -2.10. The molecule has 2 aromatic carbocycles. The Morgan fingerprint density at radius 1 is 1.04 bits per heavy atom. The standard InChI is InChI=1S/C20H20ClN3S/c1-20(2,3)16-8-6-15(7-9-16)18-13-25-19(23-18)24-22-12-14-4-10-17(21)11-5-14/h4-13H,1-3H3,(H,23,24)/b22-12-. The molecule has 0 saturated carbocycles. The van der Waals surface area contributed by atoms with E-state index in [2.05, 4.69) is 60.5 Å². The Morgan fingerprint density at radius 2 is 1.72 bits per heavy atom. The molecule has 3 rings (SSSR count). The first kappa shape index (κ1) is 17.6. The summed E-state index contributed by atoms with van der Waals surface area (Å²) in [6.07, 6.45) is 1.75. The van der Waals surface area contributed by atoms with Gasteiger partial charge in [-0.1, -0.05) is 68.8 Å². The molecule has 0 amide bonds. The third-order valence-corrected chi connectivity index (χ3v) is 4.79. The zero-order valence-corrected chi connectivity index (χ0v) is 16.0. The van der Waals surface area contributed by atoms with Crippen molar-refractivity contribution in [1.82, 2.24) is 4.98 Å². The van der Waals surface area contributed by atoms with E-state index in [9.17, 15) is 0 Å². The first-order valence-corrected chi connectivity index (χ1v) is 9.29. The Bertz CT molecular complexity index is 859. The van der Waals surface area contributed by atoms with Crippen molar-refractivity contribution in [2.45, 2.75) is 26.2 Å². The Hall–Kier alpha value is -2.17. The maximum atomic E-state index is 5.87. The number of hydrazone groups is 1. The van der Waals surface area contributed by atoms with Crippen LogP contribution in [0.5, 0.6) is 0 Å². The van der Waals surface area contributed by atoms with Crippen LogP contribution in [0.25, 0.3) is 11.3 Å². The molecule has 0 saturated heterocycles. The van der Waals surface area contributed by atoms with Gasteiger partial charge in [-0.15, -0.1) is 11.3 Å². The van der Waals surface area contributed by atoms with Crippen LogP contribution in [0, 0.1) is 0 Å². The summed E-state index contributed by atoms with van der Waals surface area (Å²) in [4.78, 5) is 4.59. The second kappa shape index (κ2) is 7.38. The van der Waals surface area contributed by atoms with E-state index in [0.717, 1.165) is 22.0 Å². The number of nitrogens with one attached hydrogen (secondary N) is 1. The summed E-state index contributed by atoms with van der Waals surface area (Å²) in [6, 6.07) is 16.1. The molecule has 3 nitrogen and oxygen atoms in total. The van der Waals surface area contributed by atoms with Crippen molar-refractivity contribution in [3.05, 3.63) is 70.1 Å². The van der Waals surface area contributed by atoms with Crippen LogP contribution < -0.4 is 5.43 Å². The average molecular weight is 370 g/mol. The maximum Gasteiger partial charge on any atom is 0.203 e. The Labute approximate surface area is 157 Å². The van der Waals surface area contributed by atoms with E-state index >= 15 is 0 Å². The molecular formula is C20H20ClN3S. The fourth-order valence-electron chi connectivity index (χ4n) is 2.31. The van der Waals surface area contributed by atoms with Crippen molar-refractivity contribution in [3.63, 3.8) is 0 Å². The van der Waals surface area contributed by atoms with E-state index in [1.54, 1.807) is 6.21 Å². The molecule has 0 aliphatic rings. The zero-order valence-electron chi connectivity index (χ0n) is 14.5. The predicted molar refractivity (Wildman–Crippen MR) is 109 cm³/mol. The molecule has 0 aliphatic heterocycles. The van der Waals surface area contributed by atoms with E-state index in [0.29, 0.717) is 5.02 Å². The molecule has 25 heavy (non-hydrogen) atoms. The average Bonchev–Trinajstić information content (AvgIpc) is 3.05. The number of aromatic nitrogens is 1. The fourth-order valence-corrected chi connectivity index (χ4v) is 3.10. The van der Waals surface area contributed by atoms with Gasteiger partial charge < -0.3 is 0 Å². The molecule has 0 radical (unpaired) electrons. The summed E-state index contributed by atoms with van der Waals surface area (Å²) in [6.45, 7) is 6.64. The molecular weight excluding hydrogens is 350 g/mol. The molecule has 1 N–H and O–H groups in total. The molecule has 1 aromatic heterocycles. The first-order chi connectivity index (χ1) is 11.9. The van der Waals surface area contributed by atoms with Crippen LogP contribution in [0.1, 0.15) is 31.9 Å². The third-order valence-electron chi connectivity index (χ3n) is 3.79. The molecule has 3 aromatic rings. The lowest BCUT2D eigenvalue weighted by Gasteiger charge is -2.18. The van der Waals surface area contributed by atoms with Gasteiger partial charge >= 0.3 is 0 Å². The molecule has 0 atom stereocenters. The summed E-state index contributed by atoms with van der Waals surface area (Å²) < 4.78 is 0. The summed E-state index contributed by atoms with van der Waals surface area (Å²) in [5.41, 5.74) is 7.49. The Balaban J connectivity index is 1.67. The number of hydrogen-bond donors (Lipinski definition) is 1. The second-order valence-electron chi connectivity index (χ2n) is 6.79. The Kier molecular flexibility index (Phi) is 5.21. The van der Waals surface area contributed by atoms with Crippen LogP contribution in [0.3, 0.4) is 0 Å². The van der Waals surface area contributed by atoms with Gasteiger partial charge in [0.05, 0.1) is 11.9 Å². The molecule has 5 heteroatoms. The highest BCUT2D eigenvalue weighted by atomic mass is 35.5. The van der Waals surface area contributed by atoms with E-state index in [4.69, 9.17) is 11.6 Å². The summed E-state index contributed by atoms with van der Waals surface area (Å²) in [5, 5.41) is 7.74. The van der Waals surface area contributed by atoms with Crippen molar-refractivity contribution in [2.24, 2.45) is 5.10 Å². The number of rotatable bonds is 4. The van der Waals surface area contributed by atoms with Gasteiger partial charge in [-0.3, -0.25) is 5.43 Å². The van der Waals surface area contributed by atoms with Gasteiger partial charge in [-0.2, -0.15) is 5.10 Å². The van der Waals surface area contributed by atoms with E-state index in [1.807, 2.05) is 29.6 Å². The minimum Gasteiger partial charge on any atom is -0.253 e. The number of anilines is 1. The predicted octanol–water partition coefficient (Wildman–Crippen LogP) is 6.21. The van der Waals surface area contributed by atoms with Gasteiger partial charge in [0.15, 0.2) is 0 Å². The molecule has 1 heterocycles. The first-order valence-electron chi connectivity index (χ1n) is 8.03. The second-order valence-corrected chi connectivity index (χ2v) is 8.08. The largest absolute Gasteiger partial charge is 0.253 e. The summed E-state index contributed by atoms with van der Waals surface area (Å²) in [7, 11) is 0. The number of benzene rings is 2. The van der Waals surface area contributed by atoms with Crippen LogP contribution in [-0.2, 0) is 5.41 Å². The smallest absolute Gasteiger partial charge is 0.203 e. The molecule has 0 unspecified atom stereocenters. The van der Waals surface area contributed by atoms with Gasteiger partial charge in [0.2, 0.25) is 5.13 Å². The van der Waals surface area contributed by atoms with E-state index in [-0.39, 0.29) is 5.41 Å². The molecule has 0 fully saturated rings. The van der Waals surface area contributed by atoms with Gasteiger partial charge in [0, 0.05) is 16.0 Å². The van der Waals surface area contributed by atoms with Gasteiger partial charge in [0.25, 0.3) is 0 Å². The van der Waals surface area contributed by atoms with Crippen molar-refractivity contribution >= 4 is 34.3 Å². The van der Waals surface area contributed by atoms with Crippen LogP contribution in [0.4, 0.5) is 5.13 Å². The quantitative estimate of drug-likeness (QED) is 0.438. The van der Waals surface area contributed by atoms with Crippen LogP contribution in [0.15, 0.2) is 59.0 Å². The topological polar surface area (TPSA) is 37.3 Å². The van der Waals surface area contributed by atoms with Crippen molar-refractivity contribution < 1.29 is 0 Å². The van der Waals surface area contributed by atoms with Crippen LogP contribution in [-0.4, -0.2) is 11.2 Å². The van der Waals surface area contributed by atoms with E-state index in [1.165, 1.54) is 16.9 Å². The maximum absolute atomic E-state index is 5.87. The van der Waals surface area contributed by atoms with Crippen molar-refractivity contribution in [1.29, 1.82) is 0 Å². The number of thiazole rings is 1. The molecule has 0 bridgehead atoms. The summed E-state index contributed by atoms with van der Waals surface area (Å²) in [5.74, 6) is 0. The van der Waals surface area contributed by atoms with Gasteiger partial charge in [-0.05, 0) is 28.7 Å². The van der Waals surface area contributed by atoms with Gasteiger partial charge in [-0.25, -0.2) is 4.98 Å². The molecule has 0 aliphatic carbocycles. The molecule has 128 valence electrons. The highest BCUT2D eigenvalue weighted by Gasteiger charge is 2.13. The lowest BCUT2D eigenvalue weighted by molar-refractivity contribution is 0.590.